The first-order valence-electron chi connectivity index (χ1n) is 9.99. The molecule has 2 atom stereocenters. The molecule has 1 aromatic heterocycles. The summed E-state index contributed by atoms with van der Waals surface area (Å²) in [6.45, 7) is 1.66. The Morgan fingerprint density at radius 2 is 1.94 bits per heavy atom. The molecule has 1 amide bonds. The van der Waals surface area contributed by atoms with Crippen LogP contribution in [0.4, 0.5) is 5.69 Å². The number of amides is 1. The van der Waals surface area contributed by atoms with E-state index in [1.165, 1.54) is 6.07 Å². The lowest BCUT2D eigenvalue weighted by molar-refractivity contribution is 0.102. The van der Waals surface area contributed by atoms with Crippen molar-refractivity contribution >= 4 is 22.6 Å². The fraction of sp³-hybridized carbons (Fsp3) is 0.304. The lowest BCUT2D eigenvalue weighted by atomic mass is 10.0. The van der Waals surface area contributed by atoms with Crippen molar-refractivity contribution < 1.29 is 24.2 Å². The number of nitrogens with two attached hydrogens (primary N) is 1. The predicted molar refractivity (Wildman–Crippen MR) is 117 cm³/mol. The van der Waals surface area contributed by atoms with E-state index in [0.717, 1.165) is 12.0 Å². The average Bonchev–Trinajstić information content (AvgIpc) is 2.78. The van der Waals surface area contributed by atoms with Gasteiger partial charge in [0.2, 0.25) is 0 Å². The average molecular weight is 426 g/mol. The van der Waals surface area contributed by atoms with Crippen LogP contribution in [0.5, 0.6) is 5.75 Å². The number of aliphatic hydroxyl groups is 2. The fourth-order valence-electron chi connectivity index (χ4n) is 3.37. The van der Waals surface area contributed by atoms with E-state index in [9.17, 15) is 14.7 Å². The smallest absolute Gasteiger partial charge is 0.349 e. The van der Waals surface area contributed by atoms with Crippen molar-refractivity contribution in [1.29, 1.82) is 0 Å². The quantitative estimate of drug-likeness (QED) is 0.406. The highest BCUT2D eigenvalue weighted by atomic mass is 16.5. The van der Waals surface area contributed by atoms with Gasteiger partial charge in [-0.3, -0.25) is 4.79 Å². The SMILES string of the molecule is CCCc1c(OC)ccc2cc(C(=O)Nc3ccc([C@@H](O)[C@H](N)CO)cc3)c(=O)oc12. The van der Waals surface area contributed by atoms with Crippen LogP contribution < -0.4 is 21.4 Å². The van der Waals surface area contributed by atoms with Crippen molar-refractivity contribution in [3.63, 3.8) is 0 Å². The number of hydrogen-bond acceptors (Lipinski definition) is 7. The van der Waals surface area contributed by atoms with Crippen LogP contribution in [0, 0.1) is 0 Å². The number of aryl methyl sites for hydroxylation is 1. The number of carbonyl (C=O) groups is 1. The molecule has 0 unspecified atom stereocenters. The number of hydrogen-bond donors (Lipinski definition) is 4. The molecule has 0 aliphatic carbocycles. The first kappa shape index (κ1) is 22.5. The monoisotopic (exact) mass is 426 g/mol. The fourth-order valence-corrected chi connectivity index (χ4v) is 3.37. The molecular formula is C23H26N2O6. The van der Waals surface area contributed by atoms with Gasteiger partial charge in [0, 0.05) is 16.6 Å². The molecule has 164 valence electrons. The van der Waals surface area contributed by atoms with E-state index in [2.05, 4.69) is 5.32 Å². The minimum absolute atomic E-state index is 0.119. The minimum Gasteiger partial charge on any atom is -0.496 e. The summed E-state index contributed by atoms with van der Waals surface area (Å²) in [6, 6.07) is 10.6. The van der Waals surface area contributed by atoms with E-state index in [-0.39, 0.29) is 12.2 Å². The van der Waals surface area contributed by atoms with Crippen molar-refractivity contribution in [2.75, 3.05) is 19.0 Å². The van der Waals surface area contributed by atoms with Crippen molar-refractivity contribution in [2.24, 2.45) is 5.73 Å². The van der Waals surface area contributed by atoms with Gasteiger partial charge in [-0.25, -0.2) is 4.79 Å². The maximum absolute atomic E-state index is 12.7. The van der Waals surface area contributed by atoms with Gasteiger partial charge < -0.3 is 30.4 Å². The molecule has 8 heteroatoms. The molecule has 3 aromatic rings. The van der Waals surface area contributed by atoms with E-state index in [4.69, 9.17) is 20.0 Å². The summed E-state index contributed by atoms with van der Waals surface area (Å²) in [5.74, 6) is 0.0294. The summed E-state index contributed by atoms with van der Waals surface area (Å²) in [5, 5.41) is 22.4. The summed E-state index contributed by atoms with van der Waals surface area (Å²) in [6.07, 6.45) is 0.485. The standard InChI is InChI=1S/C23H26N2O6/c1-3-4-16-19(30-2)10-7-14-11-17(23(29)31-21(14)16)22(28)25-15-8-5-13(6-9-15)20(27)18(24)12-26/h5-11,18,20,26-27H,3-4,12,24H2,1-2H3,(H,25,28)/t18-,20-/m1/s1. The number of carbonyl (C=O) groups excluding carboxylic acids is 1. The molecule has 0 aliphatic rings. The molecule has 0 saturated heterocycles. The number of ether oxygens (including phenoxy) is 1. The van der Waals surface area contributed by atoms with E-state index < -0.39 is 23.7 Å². The maximum atomic E-state index is 12.7. The Labute approximate surface area is 179 Å². The first-order valence-corrected chi connectivity index (χ1v) is 9.99. The molecule has 3 rings (SSSR count). The second kappa shape index (κ2) is 9.74. The zero-order chi connectivity index (χ0) is 22.5. The summed E-state index contributed by atoms with van der Waals surface area (Å²) in [5.41, 5.74) is 6.92. The van der Waals surface area contributed by atoms with Gasteiger partial charge in [-0.2, -0.15) is 0 Å². The summed E-state index contributed by atoms with van der Waals surface area (Å²) in [7, 11) is 1.56. The van der Waals surface area contributed by atoms with Crippen molar-refractivity contribution in [3.8, 4) is 5.75 Å². The highest BCUT2D eigenvalue weighted by molar-refractivity contribution is 6.05. The molecule has 0 fully saturated rings. The first-order chi connectivity index (χ1) is 14.9. The van der Waals surface area contributed by atoms with Crippen LogP contribution in [0.3, 0.4) is 0 Å². The summed E-state index contributed by atoms with van der Waals surface area (Å²) < 4.78 is 10.9. The number of rotatable bonds is 8. The zero-order valence-corrected chi connectivity index (χ0v) is 17.4. The minimum atomic E-state index is -1.03. The number of anilines is 1. The van der Waals surface area contributed by atoms with Gasteiger partial charge in [-0.15, -0.1) is 0 Å². The summed E-state index contributed by atoms with van der Waals surface area (Å²) in [4.78, 5) is 25.2. The molecule has 0 bridgehead atoms. The van der Waals surface area contributed by atoms with E-state index in [1.807, 2.05) is 6.92 Å². The zero-order valence-electron chi connectivity index (χ0n) is 17.4. The van der Waals surface area contributed by atoms with Gasteiger partial charge in [0.05, 0.1) is 25.9 Å². The molecule has 5 N–H and O–H groups in total. The van der Waals surface area contributed by atoms with Crippen molar-refractivity contribution in [1.82, 2.24) is 0 Å². The van der Waals surface area contributed by atoms with Crippen LogP contribution in [0.1, 0.15) is 40.9 Å². The Morgan fingerprint density at radius 1 is 1.23 bits per heavy atom. The van der Waals surface area contributed by atoms with E-state index >= 15 is 0 Å². The molecule has 31 heavy (non-hydrogen) atoms. The number of aliphatic hydroxyl groups excluding tert-OH is 2. The molecule has 2 aromatic carbocycles. The number of benzene rings is 2. The largest absolute Gasteiger partial charge is 0.496 e. The summed E-state index contributed by atoms with van der Waals surface area (Å²) >= 11 is 0. The van der Waals surface area contributed by atoms with Crippen LogP contribution >= 0.6 is 0 Å². The maximum Gasteiger partial charge on any atom is 0.349 e. The Morgan fingerprint density at radius 3 is 2.55 bits per heavy atom. The van der Waals surface area contributed by atoms with Crippen LogP contribution in [0.25, 0.3) is 11.0 Å². The third-order valence-corrected chi connectivity index (χ3v) is 5.05. The second-order valence-corrected chi connectivity index (χ2v) is 7.23. The highest BCUT2D eigenvalue weighted by Gasteiger charge is 2.19. The molecule has 0 radical (unpaired) electrons. The number of methoxy groups -OCH3 is 1. The van der Waals surface area contributed by atoms with E-state index in [1.54, 1.807) is 43.5 Å². The van der Waals surface area contributed by atoms with Crippen LogP contribution in [-0.2, 0) is 6.42 Å². The third kappa shape index (κ3) is 4.77. The van der Waals surface area contributed by atoms with Gasteiger partial charge >= 0.3 is 5.63 Å². The molecule has 8 nitrogen and oxygen atoms in total. The lowest BCUT2D eigenvalue weighted by Gasteiger charge is -2.17. The molecule has 0 saturated carbocycles. The van der Waals surface area contributed by atoms with Gasteiger partial charge in [0.15, 0.2) is 0 Å². The number of nitrogens with one attached hydrogen (secondary N) is 1. The normalized spacial score (nSPS) is 13.1. The Hall–Kier alpha value is -3.20. The molecule has 1 heterocycles. The van der Waals surface area contributed by atoms with Gasteiger partial charge in [-0.1, -0.05) is 25.5 Å². The van der Waals surface area contributed by atoms with Crippen LogP contribution in [-0.4, -0.2) is 35.9 Å². The lowest BCUT2D eigenvalue weighted by Crippen LogP contribution is -2.31. The molecule has 0 aliphatic heterocycles. The third-order valence-electron chi connectivity index (χ3n) is 5.05. The van der Waals surface area contributed by atoms with E-state index in [0.29, 0.717) is 34.4 Å². The van der Waals surface area contributed by atoms with Crippen molar-refractivity contribution in [2.45, 2.75) is 31.9 Å². The topological polar surface area (TPSA) is 135 Å². The highest BCUT2D eigenvalue weighted by Crippen LogP contribution is 2.29. The Bertz CT molecular complexity index is 1120. The van der Waals surface area contributed by atoms with Crippen molar-refractivity contribution in [3.05, 3.63) is 69.6 Å². The second-order valence-electron chi connectivity index (χ2n) is 7.23. The molecule has 0 spiro atoms. The predicted octanol–water partition coefficient (Wildman–Crippen LogP) is 2.36. The van der Waals surface area contributed by atoms with Gasteiger partial charge in [0.25, 0.3) is 5.91 Å². The van der Waals surface area contributed by atoms with Gasteiger partial charge in [0.1, 0.15) is 16.9 Å². The van der Waals surface area contributed by atoms with Crippen LogP contribution in [0.15, 0.2) is 51.7 Å². The molecular weight excluding hydrogens is 400 g/mol. The Kier molecular flexibility index (Phi) is 7.06. The van der Waals surface area contributed by atoms with Gasteiger partial charge in [-0.05, 0) is 42.3 Å². The Balaban J connectivity index is 1.87. The van der Waals surface area contributed by atoms with Crippen LogP contribution in [0.2, 0.25) is 0 Å². The number of fused-ring (bicyclic) bond motifs is 1.